The minimum absolute atomic E-state index is 0.266. The van der Waals surface area contributed by atoms with Crippen LogP contribution in [-0.4, -0.2) is 12.3 Å². The van der Waals surface area contributed by atoms with Gasteiger partial charge >= 0.3 is 6.36 Å². The van der Waals surface area contributed by atoms with Crippen LogP contribution in [0.25, 0.3) is 0 Å². The van der Waals surface area contributed by atoms with Crippen molar-refractivity contribution in [2.45, 2.75) is 13.0 Å². The molecular formula is C15H12FNO3. The molecule has 0 saturated heterocycles. The summed E-state index contributed by atoms with van der Waals surface area (Å²) < 4.78 is 23.6. The average Bonchev–Trinajstić information content (AvgIpc) is 2.47. The van der Waals surface area contributed by atoms with Crippen LogP contribution >= 0.6 is 0 Å². The molecular weight excluding hydrogens is 261 g/mol. The van der Waals surface area contributed by atoms with E-state index in [4.69, 9.17) is 9.47 Å². The van der Waals surface area contributed by atoms with Crippen LogP contribution < -0.4 is 14.8 Å². The van der Waals surface area contributed by atoms with Gasteiger partial charge in [0.05, 0.1) is 5.69 Å². The standard InChI is InChI=1S/C15H12FNO3/c16-14-15(18)17-12-7-6-11(8-13(12)20-14)19-9-10-4-2-1-3-5-10/h1-8,14H,9H2,(H,17,18)/t14-/m1/s1. The third-order valence-corrected chi connectivity index (χ3v) is 2.90. The first-order chi connectivity index (χ1) is 9.72. The molecule has 1 heterocycles. The Balaban J connectivity index is 1.73. The van der Waals surface area contributed by atoms with Crippen LogP contribution in [0.15, 0.2) is 48.5 Å². The van der Waals surface area contributed by atoms with Gasteiger partial charge in [-0.15, -0.1) is 0 Å². The molecule has 102 valence electrons. The van der Waals surface area contributed by atoms with E-state index < -0.39 is 12.3 Å². The maximum absolute atomic E-state index is 13.2. The number of nitrogens with one attached hydrogen (secondary N) is 1. The van der Waals surface area contributed by atoms with Crippen LogP contribution in [0.2, 0.25) is 0 Å². The molecule has 0 unspecified atom stereocenters. The minimum atomic E-state index is -1.98. The first-order valence-corrected chi connectivity index (χ1v) is 6.15. The van der Waals surface area contributed by atoms with E-state index in [2.05, 4.69) is 5.32 Å². The molecule has 0 bridgehead atoms. The molecule has 1 amide bonds. The Morgan fingerprint density at radius 3 is 2.80 bits per heavy atom. The van der Waals surface area contributed by atoms with Gasteiger partial charge in [0.15, 0.2) is 5.75 Å². The van der Waals surface area contributed by atoms with Gasteiger partial charge in [-0.05, 0) is 17.7 Å². The molecule has 1 aliphatic heterocycles. The van der Waals surface area contributed by atoms with E-state index in [9.17, 15) is 9.18 Å². The van der Waals surface area contributed by atoms with Crippen molar-refractivity contribution in [3.63, 3.8) is 0 Å². The van der Waals surface area contributed by atoms with Gasteiger partial charge in [-0.2, -0.15) is 4.39 Å². The molecule has 3 rings (SSSR count). The number of ether oxygens (including phenoxy) is 2. The fraction of sp³-hybridized carbons (Fsp3) is 0.133. The molecule has 1 atom stereocenters. The van der Waals surface area contributed by atoms with Gasteiger partial charge in [-0.25, -0.2) is 0 Å². The van der Waals surface area contributed by atoms with Gasteiger partial charge < -0.3 is 14.8 Å². The summed E-state index contributed by atoms with van der Waals surface area (Å²) in [6, 6.07) is 14.6. The van der Waals surface area contributed by atoms with Crippen molar-refractivity contribution in [1.29, 1.82) is 0 Å². The Labute approximate surface area is 115 Å². The molecule has 2 aromatic rings. The van der Waals surface area contributed by atoms with Gasteiger partial charge in [-0.3, -0.25) is 4.79 Å². The van der Waals surface area contributed by atoms with Gasteiger partial charge in [-0.1, -0.05) is 30.3 Å². The van der Waals surface area contributed by atoms with E-state index in [0.717, 1.165) is 5.56 Å². The molecule has 20 heavy (non-hydrogen) atoms. The number of hydrogen-bond acceptors (Lipinski definition) is 3. The molecule has 1 N–H and O–H groups in total. The lowest BCUT2D eigenvalue weighted by atomic mass is 10.2. The van der Waals surface area contributed by atoms with E-state index in [1.54, 1.807) is 18.2 Å². The second-order valence-corrected chi connectivity index (χ2v) is 4.36. The topological polar surface area (TPSA) is 47.6 Å². The zero-order chi connectivity index (χ0) is 13.9. The molecule has 5 heteroatoms. The summed E-state index contributed by atoms with van der Waals surface area (Å²) >= 11 is 0. The Morgan fingerprint density at radius 1 is 1.20 bits per heavy atom. The van der Waals surface area contributed by atoms with Crippen LogP contribution in [0, 0.1) is 0 Å². The fourth-order valence-corrected chi connectivity index (χ4v) is 1.89. The minimum Gasteiger partial charge on any atom is -0.489 e. The van der Waals surface area contributed by atoms with Crippen LogP contribution in [-0.2, 0) is 11.4 Å². The molecule has 1 aliphatic rings. The van der Waals surface area contributed by atoms with Crippen LogP contribution in [0.5, 0.6) is 11.5 Å². The third kappa shape index (κ3) is 2.56. The number of carbonyl (C=O) groups excluding carboxylic acids is 1. The van der Waals surface area contributed by atoms with Crippen molar-refractivity contribution in [2.24, 2.45) is 0 Å². The predicted octanol–water partition coefficient (Wildman–Crippen LogP) is 2.89. The zero-order valence-corrected chi connectivity index (χ0v) is 10.5. The average molecular weight is 273 g/mol. The van der Waals surface area contributed by atoms with Crippen molar-refractivity contribution in [1.82, 2.24) is 0 Å². The molecule has 0 aliphatic carbocycles. The lowest BCUT2D eigenvalue weighted by Crippen LogP contribution is -2.33. The molecule has 0 fully saturated rings. The van der Waals surface area contributed by atoms with Gasteiger partial charge in [0, 0.05) is 6.07 Å². The second kappa shape index (κ2) is 5.21. The first kappa shape index (κ1) is 12.5. The van der Waals surface area contributed by atoms with E-state index in [1.807, 2.05) is 30.3 Å². The Bertz CT molecular complexity index is 630. The summed E-state index contributed by atoms with van der Waals surface area (Å²) in [6.45, 7) is 0.408. The van der Waals surface area contributed by atoms with Gasteiger partial charge in [0.2, 0.25) is 0 Å². The van der Waals surface area contributed by atoms with Crippen LogP contribution in [0.4, 0.5) is 10.1 Å². The van der Waals surface area contributed by atoms with Crippen LogP contribution in [0.1, 0.15) is 5.56 Å². The first-order valence-electron chi connectivity index (χ1n) is 6.15. The Morgan fingerprint density at radius 2 is 2.00 bits per heavy atom. The van der Waals surface area contributed by atoms with Crippen molar-refractivity contribution in [2.75, 3.05) is 5.32 Å². The number of amides is 1. The summed E-state index contributed by atoms with van der Waals surface area (Å²) in [5, 5.41) is 2.42. The lowest BCUT2D eigenvalue weighted by Gasteiger charge is -2.21. The lowest BCUT2D eigenvalue weighted by molar-refractivity contribution is -0.130. The monoisotopic (exact) mass is 273 g/mol. The summed E-state index contributed by atoms with van der Waals surface area (Å²) in [6.07, 6.45) is -1.98. The smallest absolute Gasteiger partial charge is 0.317 e. The highest BCUT2D eigenvalue weighted by molar-refractivity contribution is 5.96. The number of benzene rings is 2. The molecule has 4 nitrogen and oxygen atoms in total. The largest absolute Gasteiger partial charge is 0.489 e. The summed E-state index contributed by atoms with van der Waals surface area (Å²) in [4.78, 5) is 11.1. The van der Waals surface area contributed by atoms with Crippen molar-refractivity contribution in [3.05, 3.63) is 54.1 Å². The molecule has 2 aromatic carbocycles. The number of alkyl halides is 1. The molecule has 0 saturated carbocycles. The summed E-state index contributed by atoms with van der Waals surface area (Å²) in [7, 11) is 0. The predicted molar refractivity (Wildman–Crippen MR) is 71.4 cm³/mol. The highest BCUT2D eigenvalue weighted by atomic mass is 19.1. The third-order valence-electron chi connectivity index (χ3n) is 2.90. The number of anilines is 1. The fourth-order valence-electron chi connectivity index (χ4n) is 1.89. The number of hydrogen-bond donors (Lipinski definition) is 1. The molecule has 0 spiro atoms. The Kier molecular flexibility index (Phi) is 3.25. The maximum atomic E-state index is 13.2. The second-order valence-electron chi connectivity index (χ2n) is 4.36. The molecule has 0 radical (unpaired) electrons. The summed E-state index contributed by atoms with van der Waals surface area (Å²) in [5.74, 6) is 0.0223. The normalized spacial score (nSPS) is 16.9. The molecule has 0 aromatic heterocycles. The van der Waals surface area contributed by atoms with Gasteiger partial charge in [0.25, 0.3) is 5.91 Å². The van der Waals surface area contributed by atoms with Crippen LogP contribution in [0.3, 0.4) is 0 Å². The quantitative estimate of drug-likeness (QED) is 0.935. The number of fused-ring (bicyclic) bond motifs is 1. The SMILES string of the molecule is O=C1Nc2ccc(OCc3ccccc3)cc2O[C@H]1F. The number of halogens is 1. The number of carbonyl (C=O) groups is 1. The highest BCUT2D eigenvalue weighted by Gasteiger charge is 2.27. The van der Waals surface area contributed by atoms with E-state index in [0.29, 0.717) is 18.0 Å². The van der Waals surface area contributed by atoms with Crippen molar-refractivity contribution < 1.29 is 18.7 Å². The van der Waals surface area contributed by atoms with E-state index >= 15 is 0 Å². The highest BCUT2D eigenvalue weighted by Crippen LogP contribution is 2.33. The number of rotatable bonds is 3. The Hall–Kier alpha value is -2.56. The van der Waals surface area contributed by atoms with E-state index in [-0.39, 0.29) is 5.75 Å². The van der Waals surface area contributed by atoms with Crippen molar-refractivity contribution in [3.8, 4) is 11.5 Å². The summed E-state index contributed by atoms with van der Waals surface area (Å²) in [5.41, 5.74) is 1.47. The van der Waals surface area contributed by atoms with E-state index in [1.165, 1.54) is 0 Å². The van der Waals surface area contributed by atoms with Gasteiger partial charge in [0.1, 0.15) is 12.4 Å². The zero-order valence-electron chi connectivity index (χ0n) is 10.5. The van der Waals surface area contributed by atoms with Crippen molar-refractivity contribution >= 4 is 11.6 Å². The maximum Gasteiger partial charge on any atom is 0.317 e.